The highest BCUT2D eigenvalue weighted by molar-refractivity contribution is 7.92. The van der Waals surface area contributed by atoms with Crippen molar-refractivity contribution in [3.8, 4) is 0 Å². The fraction of sp³-hybridized carbons (Fsp3) is 0.350. The summed E-state index contributed by atoms with van der Waals surface area (Å²) in [4.78, 5) is 22.3. The summed E-state index contributed by atoms with van der Waals surface area (Å²) in [6, 6.07) is 8.44. The number of hydrogen-bond acceptors (Lipinski definition) is 7. The molecule has 0 radical (unpaired) electrons. The zero-order valence-corrected chi connectivity index (χ0v) is 16.8. The van der Waals surface area contributed by atoms with Crippen LogP contribution in [0.4, 0.5) is 10.2 Å². The monoisotopic (exact) mass is 433 g/mol. The van der Waals surface area contributed by atoms with E-state index in [1.807, 2.05) is 0 Å². The Morgan fingerprint density at radius 3 is 2.53 bits per heavy atom. The van der Waals surface area contributed by atoms with E-state index < -0.39 is 21.6 Å². The number of benzene rings is 1. The van der Waals surface area contributed by atoms with Crippen molar-refractivity contribution < 1.29 is 27.2 Å². The molecule has 2 fully saturated rings. The molecule has 0 spiro atoms. The molecule has 158 valence electrons. The Labute approximate surface area is 173 Å². The standard InChI is InChI=1S/C20H20FN3O5S/c21-14-3-8-18(22-11-14)23-20(25)19(24-29-15-9-10-28-12-15)13-1-4-16(5-2-13)30(26,27)17-6-7-17/h1-5,8,11,15,17H,6-7,9-10,12H2,(H,22,23,25)/t15-/m1/s1. The third kappa shape index (κ3) is 4.65. The van der Waals surface area contributed by atoms with Crippen LogP contribution in [-0.4, -0.2) is 49.6 Å². The lowest BCUT2D eigenvalue weighted by molar-refractivity contribution is -0.110. The average Bonchev–Trinajstić information content (AvgIpc) is 3.48. The second-order valence-electron chi connectivity index (χ2n) is 7.12. The van der Waals surface area contributed by atoms with Gasteiger partial charge in [0.15, 0.2) is 21.7 Å². The van der Waals surface area contributed by atoms with Crippen LogP contribution in [0.2, 0.25) is 0 Å². The molecule has 1 atom stereocenters. The Morgan fingerprint density at radius 1 is 1.17 bits per heavy atom. The molecule has 8 nitrogen and oxygen atoms in total. The molecule has 2 aliphatic rings. The highest BCUT2D eigenvalue weighted by Crippen LogP contribution is 2.33. The Balaban J connectivity index is 1.58. The number of hydrogen-bond donors (Lipinski definition) is 1. The van der Waals surface area contributed by atoms with Crippen LogP contribution in [0.5, 0.6) is 0 Å². The number of nitrogens with one attached hydrogen (secondary N) is 1. The van der Waals surface area contributed by atoms with Gasteiger partial charge in [-0.3, -0.25) is 4.79 Å². The third-order valence-corrected chi connectivity index (χ3v) is 7.06. The van der Waals surface area contributed by atoms with E-state index in [0.29, 0.717) is 38.0 Å². The molecule has 4 rings (SSSR count). The first-order valence-electron chi connectivity index (χ1n) is 9.52. The van der Waals surface area contributed by atoms with E-state index in [4.69, 9.17) is 9.57 Å². The first kappa shape index (κ1) is 20.4. The normalized spacial score (nSPS) is 19.5. The van der Waals surface area contributed by atoms with E-state index in [-0.39, 0.29) is 27.8 Å². The van der Waals surface area contributed by atoms with Gasteiger partial charge in [-0.2, -0.15) is 0 Å². The van der Waals surface area contributed by atoms with Crippen LogP contribution in [0, 0.1) is 5.82 Å². The molecule has 1 aliphatic carbocycles. The lowest BCUT2D eigenvalue weighted by Crippen LogP contribution is -2.25. The number of halogens is 1. The fourth-order valence-electron chi connectivity index (χ4n) is 2.95. The van der Waals surface area contributed by atoms with Gasteiger partial charge >= 0.3 is 0 Å². The summed E-state index contributed by atoms with van der Waals surface area (Å²) in [5, 5.41) is 6.22. The van der Waals surface area contributed by atoms with Crippen molar-refractivity contribution in [2.45, 2.75) is 35.5 Å². The highest BCUT2D eigenvalue weighted by atomic mass is 32.2. The van der Waals surface area contributed by atoms with Gasteiger partial charge in [0.05, 0.1) is 29.6 Å². The molecular formula is C20H20FN3O5S. The minimum absolute atomic E-state index is 0.0524. The number of carbonyl (C=O) groups is 1. The SMILES string of the molecule is O=C(Nc1ccc(F)cn1)C(=NO[C@@H]1CCOC1)c1ccc(S(=O)(=O)C2CC2)cc1. The molecule has 1 amide bonds. The van der Waals surface area contributed by atoms with Crippen LogP contribution in [0.3, 0.4) is 0 Å². The van der Waals surface area contributed by atoms with Gasteiger partial charge in [0.1, 0.15) is 11.6 Å². The summed E-state index contributed by atoms with van der Waals surface area (Å²) in [6.07, 6.45) is 2.70. The summed E-state index contributed by atoms with van der Waals surface area (Å²) in [5.41, 5.74) is 0.326. The van der Waals surface area contributed by atoms with E-state index in [9.17, 15) is 17.6 Å². The van der Waals surface area contributed by atoms with Crippen molar-refractivity contribution in [1.29, 1.82) is 0 Å². The van der Waals surface area contributed by atoms with E-state index in [2.05, 4.69) is 15.5 Å². The second-order valence-corrected chi connectivity index (χ2v) is 9.34. The number of nitrogens with zero attached hydrogens (tertiary/aromatic N) is 2. The molecule has 1 saturated heterocycles. The molecule has 2 heterocycles. The Bertz CT molecular complexity index is 1040. The molecule has 2 aromatic rings. The molecule has 0 unspecified atom stereocenters. The Hall–Kier alpha value is -2.85. The van der Waals surface area contributed by atoms with Crippen molar-refractivity contribution in [2.75, 3.05) is 18.5 Å². The number of anilines is 1. The van der Waals surface area contributed by atoms with Crippen LogP contribution >= 0.6 is 0 Å². The number of ether oxygens (including phenoxy) is 1. The van der Waals surface area contributed by atoms with Gasteiger partial charge in [-0.05, 0) is 37.1 Å². The predicted molar refractivity (Wildman–Crippen MR) is 106 cm³/mol. The Morgan fingerprint density at radius 2 is 1.93 bits per heavy atom. The smallest absolute Gasteiger partial charge is 0.279 e. The minimum Gasteiger partial charge on any atom is -0.389 e. The quantitative estimate of drug-likeness (QED) is 0.530. The summed E-state index contributed by atoms with van der Waals surface area (Å²) in [6.45, 7) is 0.922. The maximum atomic E-state index is 13.1. The fourth-order valence-corrected chi connectivity index (χ4v) is 4.60. The maximum absolute atomic E-state index is 13.1. The van der Waals surface area contributed by atoms with Crippen molar-refractivity contribution in [3.63, 3.8) is 0 Å². The number of pyridine rings is 1. The number of aromatic nitrogens is 1. The lowest BCUT2D eigenvalue weighted by atomic mass is 10.1. The van der Waals surface area contributed by atoms with Crippen LogP contribution < -0.4 is 5.32 Å². The van der Waals surface area contributed by atoms with E-state index in [1.54, 1.807) is 0 Å². The molecule has 1 saturated carbocycles. The molecule has 1 aliphatic heterocycles. The van der Waals surface area contributed by atoms with E-state index >= 15 is 0 Å². The molecule has 30 heavy (non-hydrogen) atoms. The molecule has 1 N–H and O–H groups in total. The lowest BCUT2D eigenvalue weighted by Gasteiger charge is -2.11. The zero-order valence-electron chi connectivity index (χ0n) is 16.0. The van der Waals surface area contributed by atoms with Gasteiger partial charge in [-0.1, -0.05) is 17.3 Å². The van der Waals surface area contributed by atoms with Crippen LogP contribution in [0.25, 0.3) is 0 Å². The molecule has 0 bridgehead atoms. The first-order valence-corrected chi connectivity index (χ1v) is 11.1. The van der Waals surface area contributed by atoms with Crippen molar-refractivity contribution in [2.24, 2.45) is 5.16 Å². The van der Waals surface area contributed by atoms with Crippen LogP contribution in [0.1, 0.15) is 24.8 Å². The number of sulfone groups is 1. The molecule has 10 heteroatoms. The molecular weight excluding hydrogens is 413 g/mol. The number of amides is 1. The topological polar surface area (TPSA) is 107 Å². The summed E-state index contributed by atoms with van der Waals surface area (Å²) >= 11 is 0. The van der Waals surface area contributed by atoms with Crippen LogP contribution in [0.15, 0.2) is 52.6 Å². The van der Waals surface area contributed by atoms with Crippen molar-refractivity contribution in [1.82, 2.24) is 4.98 Å². The number of rotatable bonds is 7. The van der Waals surface area contributed by atoms with E-state index in [1.165, 1.54) is 36.4 Å². The number of oxime groups is 1. The largest absolute Gasteiger partial charge is 0.389 e. The van der Waals surface area contributed by atoms with Crippen molar-refractivity contribution >= 4 is 27.3 Å². The second kappa shape index (κ2) is 8.49. The summed E-state index contributed by atoms with van der Waals surface area (Å²) in [5.74, 6) is -1.00. The number of carbonyl (C=O) groups excluding carboxylic acids is 1. The van der Waals surface area contributed by atoms with Gasteiger partial charge in [0, 0.05) is 12.0 Å². The molecule has 1 aromatic heterocycles. The highest BCUT2D eigenvalue weighted by Gasteiger charge is 2.36. The van der Waals surface area contributed by atoms with Gasteiger partial charge in [0.25, 0.3) is 5.91 Å². The van der Waals surface area contributed by atoms with Gasteiger partial charge in [-0.25, -0.2) is 17.8 Å². The summed E-state index contributed by atoms with van der Waals surface area (Å²) in [7, 11) is -3.34. The van der Waals surface area contributed by atoms with Crippen LogP contribution in [-0.2, 0) is 24.2 Å². The van der Waals surface area contributed by atoms with Crippen molar-refractivity contribution in [3.05, 3.63) is 54.0 Å². The van der Waals surface area contributed by atoms with E-state index in [0.717, 1.165) is 6.20 Å². The first-order chi connectivity index (χ1) is 14.4. The van der Waals surface area contributed by atoms with Gasteiger partial charge in [0.2, 0.25) is 0 Å². The zero-order chi connectivity index (χ0) is 21.1. The molecule has 1 aromatic carbocycles. The maximum Gasteiger partial charge on any atom is 0.279 e. The van der Waals surface area contributed by atoms with Gasteiger partial charge in [-0.15, -0.1) is 0 Å². The summed E-state index contributed by atoms with van der Waals surface area (Å²) < 4.78 is 43.1. The average molecular weight is 433 g/mol. The Kier molecular flexibility index (Phi) is 5.78. The minimum atomic E-state index is -3.34. The van der Waals surface area contributed by atoms with Gasteiger partial charge < -0.3 is 14.9 Å². The predicted octanol–water partition coefficient (Wildman–Crippen LogP) is 2.31. The third-order valence-electron chi connectivity index (χ3n) is 4.78.